The van der Waals surface area contributed by atoms with Gasteiger partial charge < -0.3 is 9.15 Å². The summed E-state index contributed by atoms with van der Waals surface area (Å²) in [5.41, 5.74) is 2.00. The van der Waals surface area contributed by atoms with Gasteiger partial charge in [-0.15, -0.1) is 0 Å². The topological polar surface area (TPSA) is 87.5 Å². The van der Waals surface area contributed by atoms with Gasteiger partial charge in [-0.1, -0.05) is 26.0 Å². The minimum absolute atomic E-state index is 0.155. The third-order valence-corrected chi connectivity index (χ3v) is 4.57. The molecule has 28 heavy (non-hydrogen) atoms. The van der Waals surface area contributed by atoms with Crippen molar-refractivity contribution in [3.63, 3.8) is 0 Å². The molecule has 0 N–H and O–H groups in total. The lowest BCUT2D eigenvalue weighted by molar-refractivity contribution is 0.414. The fourth-order valence-corrected chi connectivity index (χ4v) is 3.09. The molecule has 0 saturated carbocycles. The normalized spacial score (nSPS) is 11.5. The van der Waals surface area contributed by atoms with Crippen LogP contribution < -0.4 is 10.3 Å². The molecule has 0 radical (unpaired) electrons. The number of oxazole rings is 1. The van der Waals surface area contributed by atoms with Crippen LogP contribution in [0.25, 0.3) is 17.2 Å². The summed E-state index contributed by atoms with van der Waals surface area (Å²) >= 11 is 0. The van der Waals surface area contributed by atoms with Crippen LogP contribution in [0.15, 0.2) is 45.8 Å². The zero-order valence-electron chi connectivity index (χ0n) is 16.2. The van der Waals surface area contributed by atoms with Gasteiger partial charge in [-0.25, -0.2) is 9.97 Å². The minimum atomic E-state index is -0.164. The van der Waals surface area contributed by atoms with Crippen LogP contribution in [0, 0.1) is 6.92 Å². The molecule has 0 aliphatic rings. The van der Waals surface area contributed by atoms with E-state index in [4.69, 9.17) is 9.15 Å². The second-order valence-corrected chi connectivity index (χ2v) is 6.85. The highest BCUT2D eigenvalue weighted by atomic mass is 16.5. The van der Waals surface area contributed by atoms with Gasteiger partial charge >= 0.3 is 0 Å². The van der Waals surface area contributed by atoms with E-state index in [9.17, 15) is 4.79 Å². The highest BCUT2D eigenvalue weighted by molar-refractivity contribution is 5.62. The van der Waals surface area contributed by atoms with E-state index in [1.807, 2.05) is 45.0 Å². The van der Waals surface area contributed by atoms with E-state index in [1.54, 1.807) is 24.1 Å². The van der Waals surface area contributed by atoms with E-state index >= 15 is 0 Å². The lowest BCUT2D eigenvalue weighted by Crippen LogP contribution is -2.23. The van der Waals surface area contributed by atoms with Gasteiger partial charge in [0.25, 0.3) is 11.3 Å². The molecular formula is C20H21N5O3. The molecule has 0 fully saturated rings. The van der Waals surface area contributed by atoms with Crippen LogP contribution in [-0.2, 0) is 6.54 Å². The van der Waals surface area contributed by atoms with Crippen molar-refractivity contribution in [3.05, 3.63) is 64.2 Å². The molecule has 0 aliphatic carbocycles. The van der Waals surface area contributed by atoms with Gasteiger partial charge in [0.1, 0.15) is 23.5 Å². The van der Waals surface area contributed by atoms with Crippen molar-refractivity contribution in [1.82, 2.24) is 24.1 Å². The Hall–Kier alpha value is -3.42. The van der Waals surface area contributed by atoms with Gasteiger partial charge in [-0.2, -0.15) is 9.50 Å². The molecule has 3 aromatic heterocycles. The Balaban J connectivity index is 1.73. The second kappa shape index (κ2) is 6.95. The van der Waals surface area contributed by atoms with Crippen LogP contribution in [-0.4, -0.2) is 31.3 Å². The van der Waals surface area contributed by atoms with Crippen molar-refractivity contribution in [2.45, 2.75) is 33.2 Å². The zero-order chi connectivity index (χ0) is 19.8. The molecule has 0 unspecified atom stereocenters. The first-order valence-electron chi connectivity index (χ1n) is 9.03. The largest absolute Gasteiger partial charge is 0.496 e. The standard InChI is InChI=1S/C20H21N5O3/c1-12(2)16-9-18(26)25-20(23-16)21-13(3)24(25)10-14-11-28-19(22-14)15-7-5-6-8-17(15)27-4/h5-9,11-12H,10H2,1-4H3. The Labute approximate surface area is 161 Å². The average molecular weight is 379 g/mol. The third kappa shape index (κ3) is 3.06. The number of benzene rings is 1. The molecule has 0 saturated heterocycles. The van der Waals surface area contributed by atoms with Gasteiger partial charge in [0.2, 0.25) is 5.89 Å². The van der Waals surface area contributed by atoms with Crippen LogP contribution in [0.3, 0.4) is 0 Å². The first-order valence-corrected chi connectivity index (χ1v) is 9.03. The number of hydrogen-bond acceptors (Lipinski definition) is 6. The molecular weight excluding hydrogens is 358 g/mol. The molecule has 4 aromatic rings. The summed E-state index contributed by atoms with van der Waals surface area (Å²) in [5, 5.41) is 0. The lowest BCUT2D eigenvalue weighted by Gasteiger charge is -2.07. The van der Waals surface area contributed by atoms with Crippen molar-refractivity contribution in [1.29, 1.82) is 0 Å². The number of methoxy groups -OCH3 is 1. The SMILES string of the molecule is COc1ccccc1-c1nc(Cn2c(C)nc3nc(C(C)C)cc(=O)n32)co1. The smallest absolute Gasteiger partial charge is 0.274 e. The van der Waals surface area contributed by atoms with E-state index in [-0.39, 0.29) is 11.5 Å². The molecule has 1 aromatic carbocycles. The minimum Gasteiger partial charge on any atom is -0.496 e. The first-order chi connectivity index (χ1) is 13.5. The fraction of sp³-hybridized carbons (Fsp3) is 0.300. The van der Waals surface area contributed by atoms with Crippen LogP contribution in [0.1, 0.15) is 37.0 Å². The van der Waals surface area contributed by atoms with E-state index < -0.39 is 0 Å². The summed E-state index contributed by atoms with van der Waals surface area (Å²) < 4.78 is 14.2. The van der Waals surface area contributed by atoms with Crippen molar-refractivity contribution in [3.8, 4) is 17.2 Å². The molecule has 144 valence electrons. The zero-order valence-corrected chi connectivity index (χ0v) is 16.2. The summed E-state index contributed by atoms with van der Waals surface area (Å²) in [6.45, 7) is 6.17. The van der Waals surface area contributed by atoms with Crippen LogP contribution in [0.4, 0.5) is 0 Å². The number of nitrogens with zero attached hydrogens (tertiary/aromatic N) is 5. The number of aryl methyl sites for hydroxylation is 1. The lowest BCUT2D eigenvalue weighted by atomic mass is 10.1. The molecule has 0 aliphatic heterocycles. The van der Waals surface area contributed by atoms with Gasteiger partial charge in [0, 0.05) is 6.07 Å². The first kappa shape index (κ1) is 18.0. The van der Waals surface area contributed by atoms with E-state index in [1.165, 1.54) is 4.52 Å². The highest BCUT2D eigenvalue weighted by Crippen LogP contribution is 2.28. The van der Waals surface area contributed by atoms with Crippen LogP contribution >= 0.6 is 0 Å². The maximum atomic E-state index is 12.6. The molecule has 4 rings (SSSR count). The summed E-state index contributed by atoms with van der Waals surface area (Å²) in [5.74, 6) is 2.36. The van der Waals surface area contributed by atoms with E-state index in [2.05, 4.69) is 15.0 Å². The molecule has 0 amide bonds. The Bertz CT molecular complexity index is 1200. The summed E-state index contributed by atoms with van der Waals surface area (Å²) in [6.07, 6.45) is 1.58. The van der Waals surface area contributed by atoms with Crippen LogP contribution in [0.2, 0.25) is 0 Å². The average Bonchev–Trinajstić information content (AvgIpc) is 3.26. The van der Waals surface area contributed by atoms with Crippen molar-refractivity contribution in [2.24, 2.45) is 0 Å². The van der Waals surface area contributed by atoms with E-state index in [0.717, 1.165) is 11.3 Å². The van der Waals surface area contributed by atoms with Crippen LogP contribution in [0.5, 0.6) is 5.75 Å². The predicted molar refractivity (Wildman–Crippen MR) is 104 cm³/mol. The fourth-order valence-electron chi connectivity index (χ4n) is 3.09. The molecule has 8 heteroatoms. The Morgan fingerprint density at radius 3 is 2.71 bits per heavy atom. The van der Waals surface area contributed by atoms with E-state index in [0.29, 0.717) is 35.5 Å². The van der Waals surface area contributed by atoms with Gasteiger partial charge in [-0.3, -0.25) is 9.48 Å². The summed E-state index contributed by atoms with van der Waals surface area (Å²) in [4.78, 5) is 26.1. The molecule has 0 bridgehead atoms. The maximum absolute atomic E-state index is 12.6. The third-order valence-electron chi connectivity index (χ3n) is 4.57. The second-order valence-electron chi connectivity index (χ2n) is 6.85. The highest BCUT2D eigenvalue weighted by Gasteiger charge is 2.16. The quantitative estimate of drug-likeness (QED) is 0.530. The number of aromatic nitrogens is 5. The number of hydrogen-bond donors (Lipinski definition) is 0. The van der Waals surface area contributed by atoms with Gasteiger partial charge in [0.15, 0.2) is 0 Å². The number of fused-ring (bicyclic) bond motifs is 1. The van der Waals surface area contributed by atoms with Crippen molar-refractivity contribution < 1.29 is 9.15 Å². The van der Waals surface area contributed by atoms with Gasteiger partial charge in [-0.05, 0) is 25.0 Å². The summed E-state index contributed by atoms with van der Waals surface area (Å²) in [6, 6.07) is 9.07. The monoisotopic (exact) mass is 379 g/mol. The number of para-hydroxylation sites is 1. The molecule has 8 nitrogen and oxygen atoms in total. The predicted octanol–water partition coefficient (Wildman–Crippen LogP) is 3.03. The summed E-state index contributed by atoms with van der Waals surface area (Å²) in [7, 11) is 1.61. The molecule has 0 spiro atoms. The number of ether oxygens (including phenoxy) is 1. The maximum Gasteiger partial charge on any atom is 0.274 e. The van der Waals surface area contributed by atoms with Crippen molar-refractivity contribution in [2.75, 3.05) is 7.11 Å². The van der Waals surface area contributed by atoms with Crippen molar-refractivity contribution >= 4 is 5.78 Å². The molecule has 3 heterocycles. The Morgan fingerprint density at radius 2 is 1.96 bits per heavy atom. The Morgan fingerprint density at radius 1 is 1.18 bits per heavy atom. The molecule has 0 atom stereocenters. The Kier molecular flexibility index (Phi) is 4.46. The van der Waals surface area contributed by atoms with Gasteiger partial charge in [0.05, 0.1) is 24.9 Å². The number of rotatable bonds is 5.